The molecule has 0 saturated carbocycles. The Morgan fingerprint density at radius 2 is 1.86 bits per heavy atom. The number of hydrogen-bond donors (Lipinski definition) is 2. The molecule has 2 aromatic rings. The van der Waals surface area contributed by atoms with Crippen LogP contribution in [0.25, 0.3) is 11.0 Å². The first-order valence-electron chi connectivity index (χ1n) is 11.9. The lowest BCUT2D eigenvalue weighted by atomic mass is 9.92. The lowest BCUT2D eigenvalue weighted by Crippen LogP contribution is -2.56. The number of nitrogens with zero attached hydrogens (tertiary/aromatic N) is 4. The third-order valence-electron chi connectivity index (χ3n) is 6.40. The standard InChI is InChI=1S/C24H33N5O5.2ClH/c1-16(2)14-28(18-11-17(12-25-13-18)23(32)27-7-9-34-10-8-27)24(33)22-26-19-5-3-4-6-20(19)29(22)15-21(30)31;;/h3-6,16-18,25H,7-15H2,1-2H3,(H,30,31);2*1H/t17-,18+;;/m1../s1. The van der Waals surface area contributed by atoms with Crippen LogP contribution in [0.3, 0.4) is 0 Å². The Morgan fingerprint density at radius 3 is 2.53 bits per heavy atom. The van der Waals surface area contributed by atoms with Gasteiger partial charge in [-0.2, -0.15) is 0 Å². The van der Waals surface area contributed by atoms with Crippen LogP contribution in [0.1, 0.15) is 30.9 Å². The molecule has 0 unspecified atom stereocenters. The number of morpholine rings is 1. The zero-order valence-corrected chi connectivity index (χ0v) is 22.2. The summed E-state index contributed by atoms with van der Waals surface area (Å²) in [6.45, 7) is 7.64. The molecule has 0 spiro atoms. The maximum Gasteiger partial charge on any atom is 0.323 e. The fourth-order valence-corrected chi connectivity index (χ4v) is 4.84. The molecule has 2 atom stereocenters. The van der Waals surface area contributed by atoms with Gasteiger partial charge in [0.2, 0.25) is 11.7 Å². The van der Waals surface area contributed by atoms with Crippen LogP contribution >= 0.6 is 24.8 Å². The summed E-state index contributed by atoms with van der Waals surface area (Å²) in [7, 11) is 0. The normalized spacial score (nSPS) is 19.9. The molecule has 2 saturated heterocycles. The number of imidazole rings is 1. The minimum Gasteiger partial charge on any atom is -0.480 e. The summed E-state index contributed by atoms with van der Waals surface area (Å²) in [6, 6.07) is 6.96. The van der Waals surface area contributed by atoms with Gasteiger partial charge < -0.3 is 29.5 Å². The van der Waals surface area contributed by atoms with Gasteiger partial charge >= 0.3 is 5.97 Å². The third kappa shape index (κ3) is 6.67. The van der Waals surface area contributed by atoms with Crippen molar-refractivity contribution >= 4 is 53.6 Å². The van der Waals surface area contributed by atoms with Crippen LogP contribution in [0, 0.1) is 11.8 Å². The highest BCUT2D eigenvalue weighted by Crippen LogP contribution is 2.24. The fourth-order valence-electron chi connectivity index (χ4n) is 4.84. The van der Waals surface area contributed by atoms with Crippen LogP contribution < -0.4 is 5.32 Å². The number of benzene rings is 1. The van der Waals surface area contributed by atoms with Gasteiger partial charge in [-0.05, 0) is 24.5 Å². The summed E-state index contributed by atoms with van der Waals surface area (Å²) in [5.74, 6) is -1.17. The number of carbonyl (C=O) groups is 3. The number of aliphatic carboxylic acids is 1. The van der Waals surface area contributed by atoms with E-state index < -0.39 is 5.97 Å². The summed E-state index contributed by atoms with van der Waals surface area (Å²) in [4.78, 5) is 46.7. The van der Waals surface area contributed by atoms with E-state index in [-0.39, 0.29) is 66.9 Å². The highest BCUT2D eigenvalue weighted by molar-refractivity contribution is 5.96. The molecule has 2 N–H and O–H groups in total. The molecule has 2 aliphatic heterocycles. The number of carboxylic acid groups (broad SMARTS) is 1. The van der Waals surface area contributed by atoms with Gasteiger partial charge in [0.15, 0.2) is 0 Å². The summed E-state index contributed by atoms with van der Waals surface area (Å²) >= 11 is 0. The lowest BCUT2D eigenvalue weighted by molar-refractivity contribution is -0.141. The van der Waals surface area contributed by atoms with E-state index in [0.717, 1.165) is 0 Å². The fraction of sp³-hybridized carbons (Fsp3) is 0.583. The van der Waals surface area contributed by atoms with Crippen molar-refractivity contribution in [2.24, 2.45) is 11.8 Å². The maximum absolute atomic E-state index is 13.8. The number of aromatic nitrogens is 2. The minimum absolute atomic E-state index is 0. The van der Waals surface area contributed by atoms with Crippen molar-refractivity contribution in [1.29, 1.82) is 0 Å². The number of para-hydroxylation sites is 2. The molecule has 2 fully saturated rings. The predicted molar refractivity (Wildman–Crippen MR) is 140 cm³/mol. The van der Waals surface area contributed by atoms with Gasteiger partial charge in [-0.3, -0.25) is 14.4 Å². The van der Waals surface area contributed by atoms with E-state index in [9.17, 15) is 19.5 Å². The number of hydrogen-bond acceptors (Lipinski definition) is 6. The number of carbonyl (C=O) groups excluding carboxylic acids is 2. The topological polar surface area (TPSA) is 117 Å². The smallest absolute Gasteiger partial charge is 0.323 e. The Kier molecular flexibility index (Phi) is 11.0. The number of amides is 2. The molecule has 0 bridgehead atoms. The number of carboxylic acids is 1. The second-order valence-electron chi connectivity index (χ2n) is 9.44. The van der Waals surface area contributed by atoms with E-state index in [1.165, 1.54) is 4.57 Å². The molecule has 10 nitrogen and oxygen atoms in total. The van der Waals surface area contributed by atoms with Crippen LogP contribution in [0.15, 0.2) is 24.3 Å². The van der Waals surface area contributed by atoms with E-state index in [1.807, 2.05) is 24.8 Å². The second kappa shape index (κ2) is 13.2. The Morgan fingerprint density at radius 1 is 1.17 bits per heavy atom. The summed E-state index contributed by atoms with van der Waals surface area (Å²) in [6.07, 6.45) is 0.556. The molecule has 1 aromatic heterocycles. The number of halogens is 2. The third-order valence-corrected chi connectivity index (χ3v) is 6.40. The van der Waals surface area contributed by atoms with Gasteiger partial charge in [-0.15, -0.1) is 24.8 Å². The van der Waals surface area contributed by atoms with Gasteiger partial charge in [0, 0.05) is 38.8 Å². The van der Waals surface area contributed by atoms with Crippen LogP contribution in [0.5, 0.6) is 0 Å². The molecule has 36 heavy (non-hydrogen) atoms. The molecule has 1 aromatic carbocycles. The number of fused-ring (bicyclic) bond motifs is 1. The highest BCUT2D eigenvalue weighted by atomic mass is 35.5. The quantitative estimate of drug-likeness (QED) is 0.547. The van der Waals surface area contributed by atoms with Crippen molar-refractivity contribution in [3.63, 3.8) is 0 Å². The summed E-state index contributed by atoms with van der Waals surface area (Å²) < 4.78 is 6.84. The number of rotatable bonds is 7. The largest absolute Gasteiger partial charge is 0.480 e. The van der Waals surface area contributed by atoms with E-state index in [4.69, 9.17) is 4.74 Å². The zero-order valence-electron chi connectivity index (χ0n) is 20.6. The van der Waals surface area contributed by atoms with Crippen LogP contribution in [0.4, 0.5) is 0 Å². The average molecular weight is 544 g/mol. The van der Waals surface area contributed by atoms with E-state index in [0.29, 0.717) is 63.4 Å². The van der Waals surface area contributed by atoms with Crippen molar-refractivity contribution in [3.8, 4) is 0 Å². The van der Waals surface area contributed by atoms with Gasteiger partial charge in [-0.25, -0.2) is 4.98 Å². The monoisotopic (exact) mass is 543 g/mol. The molecule has 0 radical (unpaired) electrons. The molecule has 3 heterocycles. The second-order valence-corrected chi connectivity index (χ2v) is 9.44. The van der Waals surface area contributed by atoms with E-state index in [1.54, 1.807) is 23.1 Å². The lowest BCUT2D eigenvalue weighted by Gasteiger charge is -2.40. The van der Waals surface area contributed by atoms with Crippen molar-refractivity contribution < 1.29 is 24.2 Å². The van der Waals surface area contributed by atoms with Gasteiger partial charge in [0.1, 0.15) is 6.54 Å². The van der Waals surface area contributed by atoms with Crippen LogP contribution in [0.2, 0.25) is 0 Å². The van der Waals surface area contributed by atoms with Gasteiger partial charge in [-0.1, -0.05) is 26.0 Å². The van der Waals surface area contributed by atoms with Crippen molar-refractivity contribution in [2.75, 3.05) is 45.9 Å². The van der Waals surface area contributed by atoms with Crippen LogP contribution in [-0.4, -0.2) is 94.2 Å². The van der Waals surface area contributed by atoms with Crippen molar-refractivity contribution in [2.45, 2.75) is 32.9 Å². The predicted octanol–water partition coefficient (Wildman–Crippen LogP) is 1.90. The van der Waals surface area contributed by atoms with Crippen molar-refractivity contribution in [1.82, 2.24) is 24.7 Å². The number of piperidine rings is 1. The van der Waals surface area contributed by atoms with E-state index >= 15 is 0 Å². The molecule has 0 aliphatic carbocycles. The zero-order chi connectivity index (χ0) is 24.2. The first-order valence-corrected chi connectivity index (χ1v) is 11.9. The molecular formula is C24H35Cl2N5O5. The summed E-state index contributed by atoms with van der Waals surface area (Å²) in [5, 5.41) is 12.8. The first-order chi connectivity index (χ1) is 16.3. The average Bonchev–Trinajstić information content (AvgIpc) is 3.20. The molecule has 2 amide bonds. The SMILES string of the molecule is CC(C)CN(C(=O)c1nc2ccccc2n1CC(=O)O)[C@@H]1CNC[C@H](C(=O)N2CCOCC2)C1.Cl.Cl. The molecule has 200 valence electrons. The molecular weight excluding hydrogens is 509 g/mol. The van der Waals surface area contributed by atoms with E-state index in [2.05, 4.69) is 10.3 Å². The van der Waals surface area contributed by atoms with Gasteiger partial charge in [0.05, 0.1) is 30.2 Å². The highest BCUT2D eigenvalue weighted by Gasteiger charge is 2.36. The Labute approximate surface area is 223 Å². The molecule has 12 heteroatoms. The summed E-state index contributed by atoms with van der Waals surface area (Å²) in [5.41, 5.74) is 1.19. The van der Waals surface area contributed by atoms with Crippen molar-refractivity contribution in [3.05, 3.63) is 30.1 Å². The van der Waals surface area contributed by atoms with Gasteiger partial charge in [0.25, 0.3) is 5.91 Å². The minimum atomic E-state index is -1.04. The molecule has 4 rings (SSSR count). The Bertz CT molecular complexity index is 1060. The molecule has 2 aliphatic rings. The Balaban J connectivity index is 0.00000228. The Hall–Kier alpha value is -2.40. The maximum atomic E-state index is 13.8. The first kappa shape index (κ1) is 29.8. The van der Waals surface area contributed by atoms with Crippen LogP contribution in [-0.2, 0) is 20.9 Å². The number of ether oxygens (including phenoxy) is 1. The number of nitrogens with one attached hydrogen (secondary N) is 1.